The molecule has 7 heteroatoms. The first-order valence-electron chi connectivity index (χ1n) is 12.3. The largest absolute Gasteiger partial charge is 0.455 e. The van der Waals surface area contributed by atoms with Crippen LogP contribution in [0, 0.1) is 5.92 Å². The molecule has 4 heterocycles. The monoisotopic (exact) mass is 469 g/mol. The lowest BCUT2D eigenvalue weighted by Crippen LogP contribution is -2.67. The second kappa shape index (κ2) is 8.57. The number of nitrogens with zero attached hydrogens (tertiary/aromatic N) is 3. The number of benzene rings is 2. The zero-order chi connectivity index (χ0) is 24.0. The highest BCUT2D eigenvalue weighted by molar-refractivity contribution is 5.84. The van der Waals surface area contributed by atoms with Gasteiger partial charge in [0, 0.05) is 25.0 Å². The molecule has 1 amide bonds. The summed E-state index contributed by atoms with van der Waals surface area (Å²) in [4.78, 5) is 34.8. The SMILES string of the molecule is NC(=O)C(c1ccncn1)[N+]12CCC(CC1)[C@@H](OC(=O)C1c3ccccc3Cc3ccccc31)C2. The lowest BCUT2D eigenvalue weighted by Gasteiger charge is -2.54. The van der Waals surface area contributed by atoms with Crippen LogP contribution in [0.5, 0.6) is 0 Å². The third-order valence-electron chi connectivity index (χ3n) is 8.28. The summed E-state index contributed by atoms with van der Waals surface area (Å²) in [5.74, 6) is -0.746. The van der Waals surface area contributed by atoms with E-state index in [1.807, 2.05) is 36.4 Å². The second-order valence-electron chi connectivity index (χ2n) is 10.1. The van der Waals surface area contributed by atoms with E-state index in [4.69, 9.17) is 10.5 Å². The third-order valence-corrected chi connectivity index (χ3v) is 8.28. The van der Waals surface area contributed by atoms with Gasteiger partial charge < -0.3 is 15.0 Å². The standard InChI is InChI=1S/C28H28N4O3/c29-27(33)26(23-9-12-30-17-31-23)32-13-10-18(11-14-32)24(16-32)35-28(34)25-21-7-3-1-5-19(21)15-20-6-2-4-8-22(20)25/h1-9,12,17-18,24-26H,10-11,13-16H2,(H-,29,33)/p+1/t18?,24-,26?,32?/m0/s1. The van der Waals surface area contributed by atoms with Gasteiger partial charge in [-0.1, -0.05) is 48.5 Å². The van der Waals surface area contributed by atoms with E-state index < -0.39 is 17.9 Å². The Hall–Kier alpha value is -3.58. The summed E-state index contributed by atoms with van der Waals surface area (Å²) in [5, 5.41) is 0. The molecule has 1 aliphatic carbocycles. The number of ether oxygens (including phenoxy) is 1. The van der Waals surface area contributed by atoms with Crippen molar-refractivity contribution in [2.45, 2.75) is 37.3 Å². The van der Waals surface area contributed by atoms with Crippen LogP contribution in [-0.4, -0.2) is 52.1 Å². The molecular formula is C28H29N4O3+. The van der Waals surface area contributed by atoms with Gasteiger partial charge in [-0.2, -0.15) is 0 Å². The van der Waals surface area contributed by atoms with Gasteiger partial charge in [0.2, 0.25) is 6.04 Å². The highest BCUT2D eigenvalue weighted by Gasteiger charge is 2.54. The van der Waals surface area contributed by atoms with Crippen LogP contribution in [0.3, 0.4) is 0 Å². The summed E-state index contributed by atoms with van der Waals surface area (Å²) in [6.45, 7) is 2.22. The van der Waals surface area contributed by atoms with Gasteiger partial charge in [0.1, 0.15) is 24.5 Å². The predicted octanol–water partition coefficient (Wildman–Crippen LogP) is 2.89. The molecule has 2 N–H and O–H groups in total. The number of hydrogen-bond donors (Lipinski definition) is 1. The molecule has 3 aliphatic heterocycles. The molecule has 178 valence electrons. The van der Waals surface area contributed by atoms with Crippen molar-refractivity contribution in [2.24, 2.45) is 11.7 Å². The zero-order valence-electron chi connectivity index (χ0n) is 19.5. The van der Waals surface area contributed by atoms with E-state index in [1.165, 1.54) is 17.5 Å². The van der Waals surface area contributed by atoms with Gasteiger partial charge in [-0.25, -0.2) is 9.97 Å². The molecule has 7 rings (SSSR count). The number of nitrogens with two attached hydrogens (primary N) is 1. The molecule has 1 aromatic heterocycles. The van der Waals surface area contributed by atoms with Gasteiger partial charge in [-0.3, -0.25) is 9.59 Å². The molecule has 3 saturated heterocycles. The summed E-state index contributed by atoms with van der Waals surface area (Å²) in [7, 11) is 0. The third kappa shape index (κ3) is 3.71. The van der Waals surface area contributed by atoms with Gasteiger partial charge in [-0.05, 0) is 34.7 Å². The summed E-state index contributed by atoms with van der Waals surface area (Å²) in [6.07, 6.45) is 5.45. The second-order valence-corrected chi connectivity index (χ2v) is 10.1. The summed E-state index contributed by atoms with van der Waals surface area (Å²) in [6, 6.07) is 17.5. The summed E-state index contributed by atoms with van der Waals surface area (Å²) >= 11 is 0. The smallest absolute Gasteiger partial charge is 0.318 e. The minimum atomic E-state index is -0.573. The number of amides is 1. The normalized spacial score (nSPS) is 25.8. The van der Waals surface area contributed by atoms with E-state index in [-0.39, 0.29) is 12.1 Å². The zero-order valence-corrected chi connectivity index (χ0v) is 19.5. The lowest BCUT2D eigenvalue weighted by atomic mass is 9.77. The topological polar surface area (TPSA) is 95.2 Å². The quantitative estimate of drug-likeness (QED) is 0.458. The average molecular weight is 470 g/mol. The van der Waals surface area contributed by atoms with Crippen molar-refractivity contribution >= 4 is 11.9 Å². The molecule has 2 atom stereocenters. The Kier molecular flexibility index (Phi) is 5.37. The van der Waals surface area contributed by atoms with Gasteiger partial charge >= 0.3 is 5.97 Å². The van der Waals surface area contributed by atoms with Crippen molar-refractivity contribution in [1.29, 1.82) is 0 Å². The van der Waals surface area contributed by atoms with Crippen molar-refractivity contribution in [3.8, 4) is 0 Å². The van der Waals surface area contributed by atoms with E-state index in [0.29, 0.717) is 22.6 Å². The molecule has 0 radical (unpaired) electrons. The first-order chi connectivity index (χ1) is 17.1. The number of carbonyl (C=O) groups excluding carboxylic acids is 2. The molecule has 0 saturated carbocycles. The molecular weight excluding hydrogens is 440 g/mol. The maximum atomic E-state index is 13.8. The molecule has 0 spiro atoms. The Labute approximate surface area is 204 Å². The van der Waals surface area contributed by atoms with Crippen LogP contribution >= 0.6 is 0 Å². The number of rotatable bonds is 5. The van der Waals surface area contributed by atoms with Crippen molar-refractivity contribution < 1.29 is 18.8 Å². The number of quaternary nitrogens is 1. The highest BCUT2D eigenvalue weighted by Crippen LogP contribution is 2.43. The van der Waals surface area contributed by atoms with Crippen LogP contribution in [0.2, 0.25) is 0 Å². The Balaban J connectivity index is 1.30. The van der Waals surface area contributed by atoms with Crippen molar-refractivity contribution in [3.05, 3.63) is 95.1 Å². The van der Waals surface area contributed by atoms with E-state index in [9.17, 15) is 9.59 Å². The molecule has 3 fully saturated rings. The maximum Gasteiger partial charge on any atom is 0.318 e. The molecule has 7 nitrogen and oxygen atoms in total. The van der Waals surface area contributed by atoms with Crippen LogP contribution < -0.4 is 5.73 Å². The van der Waals surface area contributed by atoms with Crippen LogP contribution in [0.4, 0.5) is 0 Å². The van der Waals surface area contributed by atoms with E-state index >= 15 is 0 Å². The van der Waals surface area contributed by atoms with Crippen molar-refractivity contribution in [3.63, 3.8) is 0 Å². The minimum absolute atomic E-state index is 0.209. The number of carbonyl (C=O) groups is 2. The van der Waals surface area contributed by atoms with Crippen molar-refractivity contribution in [2.75, 3.05) is 19.6 Å². The van der Waals surface area contributed by atoms with E-state index in [1.54, 1.807) is 12.3 Å². The number of hydrogen-bond acceptors (Lipinski definition) is 5. The van der Waals surface area contributed by atoms with Crippen LogP contribution in [-0.2, 0) is 20.7 Å². The van der Waals surface area contributed by atoms with Gasteiger partial charge in [0.15, 0.2) is 6.10 Å². The first kappa shape index (κ1) is 21.9. The minimum Gasteiger partial charge on any atom is -0.455 e. The first-order valence-corrected chi connectivity index (χ1v) is 12.3. The summed E-state index contributed by atoms with van der Waals surface area (Å²) in [5.41, 5.74) is 10.9. The molecule has 2 aromatic carbocycles. The number of aromatic nitrogens is 2. The summed E-state index contributed by atoms with van der Waals surface area (Å²) < 4.78 is 6.81. The number of primary amides is 1. The van der Waals surface area contributed by atoms with Gasteiger partial charge in [-0.15, -0.1) is 0 Å². The average Bonchev–Trinajstić information content (AvgIpc) is 2.88. The van der Waals surface area contributed by atoms with Gasteiger partial charge in [0.05, 0.1) is 13.1 Å². The van der Waals surface area contributed by atoms with Crippen LogP contribution in [0.15, 0.2) is 67.1 Å². The van der Waals surface area contributed by atoms with E-state index in [2.05, 4.69) is 22.1 Å². The Bertz CT molecular complexity index is 1220. The molecule has 1 unspecified atom stereocenters. The Morgan fingerprint density at radius 3 is 2.23 bits per heavy atom. The number of fused-ring (bicyclic) bond motifs is 5. The van der Waals surface area contributed by atoms with Crippen molar-refractivity contribution in [1.82, 2.24) is 9.97 Å². The number of esters is 1. The fourth-order valence-electron chi connectivity index (χ4n) is 6.62. The van der Waals surface area contributed by atoms with Crippen LogP contribution in [0.1, 0.15) is 52.7 Å². The predicted molar refractivity (Wildman–Crippen MR) is 129 cm³/mol. The Morgan fingerprint density at radius 2 is 1.63 bits per heavy atom. The fraction of sp³-hybridized carbons (Fsp3) is 0.357. The fourth-order valence-corrected chi connectivity index (χ4v) is 6.62. The highest BCUT2D eigenvalue weighted by atomic mass is 16.5. The molecule has 35 heavy (non-hydrogen) atoms. The molecule has 3 aromatic rings. The molecule has 4 aliphatic rings. The molecule has 2 bridgehead atoms. The van der Waals surface area contributed by atoms with Crippen LogP contribution in [0.25, 0.3) is 0 Å². The van der Waals surface area contributed by atoms with E-state index in [0.717, 1.165) is 43.5 Å². The Morgan fingerprint density at radius 1 is 0.971 bits per heavy atom. The lowest BCUT2D eigenvalue weighted by molar-refractivity contribution is -0.965. The number of piperidine rings is 3. The maximum absolute atomic E-state index is 13.8. The van der Waals surface area contributed by atoms with Gasteiger partial charge in [0.25, 0.3) is 5.91 Å².